The average Bonchev–Trinajstić information content (AvgIpc) is 3.20. The molecule has 4 aliphatic rings. The van der Waals surface area contributed by atoms with Gasteiger partial charge < -0.3 is 15.2 Å². The highest BCUT2D eigenvalue weighted by Crippen LogP contribution is 2.68. The molecule has 2 N–H and O–H groups in total. The van der Waals surface area contributed by atoms with Crippen LogP contribution in [0.25, 0.3) is 0 Å². The van der Waals surface area contributed by atoms with Crippen LogP contribution in [0.1, 0.15) is 85.0 Å². The van der Waals surface area contributed by atoms with Crippen LogP contribution in [0.2, 0.25) is 0 Å². The Labute approximate surface area is 220 Å². The van der Waals surface area contributed by atoms with Gasteiger partial charge in [0.1, 0.15) is 11.4 Å². The SMILES string of the molecule is C#CCNC(=O)CC[C@@H](C)[C@H]1CC[C@H]2[C@@H]3CC[C@@H]4C[C@H](OC(=O)CBr)CC[C@]4(C)[C@H]3C[C@H](O)[C@]12C. The van der Waals surface area contributed by atoms with Gasteiger partial charge in [-0.1, -0.05) is 42.6 Å². The fourth-order valence-electron chi connectivity index (χ4n) is 9.27. The van der Waals surface area contributed by atoms with E-state index in [1.807, 2.05) is 0 Å². The van der Waals surface area contributed by atoms with Gasteiger partial charge in [0.2, 0.25) is 5.91 Å². The zero-order chi connectivity index (χ0) is 25.4. The molecule has 10 atom stereocenters. The first-order chi connectivity index (χ1) is 16.6. The molecule has 0 heterocycles. The van der Waals surface area contributed by atoms with Gasteiger partial charge in [-0.3, -0.25) is 9.59 Å². The van der Waals surface area contributed by atoms with Crippen molar-refractivity contribution in [1.82, 2.24) is 5.32 Å². The van der Waals surface area contributed by atoms with Crippen molar-refractivity contribution in [3.63, 3.8) is 0 Å². The fourth-order valence-corrected chi connectivity index (χ4v) is 9.40. The van der Waals surface area contributed by atoms with E-state index in [0.29, 0.717) is 41.9 Å². The zero-order valence-corrected chi connectivity index (χ0v) is 23.3. The highest BCUT2D eigenvalue weighted by Gasteiger charge is 2.63. The van der Waals surface area contributed by atoms with Crippen molar-refractivity contribution in [2.75, 3.05) is 11.9 Å². The summed E-state index contributed by atoms with van der Waals surface area (Å²) in [7, 11) is 0. The molecule has 0 bridgehead atoms. The fraction of sp³-hybridized carbons (Fsp3) is 0.862. The molecule has 4 saturated carbocycles. The number of esters is 1. The zero-order valence-electron chi connectivity index (χ0n) is 21.7. The molecule has 0 aromatic carbocycles. The minimum atomic E-state index is -0.293. The predicted molar refractivity (Wildman–Crippen MR) is 141 cm³/mol. The third-order valence-electron chi connectivity index (χ3n) is 11.1. The molecule has 35 heavy (non-hydrogen) atoms. The molecule has 0 radical (unpaired) electrons. The van der Waals surface area contributed by atoms with Crippen LogP contribution in [-0.2, 0) is 14.3 Å². The van der Waals surface area contributed by atoms with Crippen LogP contribution in [-0.4, -0.2) is 41.1 Å². The standard InChI is InChI=1S/C29H44BrNO4/c1-5-14-31-26(33)11-6-18(2)22-9-10-23-21-8-7-19-15-20(35-27(34)17-30)12-13-28(19,3)24(21)16-25(32)29(22,23)4/h1,18-25,32H,6-17H2,2-4H3,(H,31,33)/t18-,19-,20-,21+,22-,23+,24+,25+,28+,29-/m1/s1. The first kappa shape index (κ1) is 27.0. The Morgan fingerprint density at radius 3 is 2.66 bits per heavy atom. The number of fused-ring (bicyclic) bond motifs is 5. The molecular weight excluding hydrogens is 506 g/mol. The van der Waals surface area contributed by atoms with Crippen molar-refractivity contribution >= 4 is 27.8 Å². The first-order valence-corrected chi connectivity index (χ1v) is 14.9. The molecule has 0 aromatic rings. The lowest BCUT2D eigenvalue weighted by Crippen LogP contribution is -2.59. The summed E-state index contributed by atoms with van der Waals surface area (Å²) in [5.74, 6) is 5.53. The average molecular weight is 551 g/mol. The van der Waals surface area contributed by atoms with Crippen molar-refractivity contribution in [3.8, 4) is 12.3 Å². The maximum atomic E-state index is 12.1. The number of aliphatic hydroxyl groups excluding tert-OH is 1. The van der Waals surface area contributed by atoms with Gasteiger partial charge in [0.15, 0.2) is 0 Å². The Balaban J connectivity index is 1.44. The van der Waals surface area contributed by atoms with Gasteiger partial charge in [0.25, 0.3) is 0 Å². The third-order valence-corrected chi connectivity index (χ3v) is 11.6. The summed E-state index contributed by atoms with van der Waals surface area (Å²) in [6.07, 6.45) is 15.0. The van der Waals surface area contributed by atoms with Crippen LogP contribution >= 0.6 is 15.9 Å². The van der Waals surface area contributed by atoms with Crippen LogP contribution in [0.4, 0.5) is 0 Å². The van der Waals surface area contributed by atoms with Crippen molar-refractivity contribution in [1.29, 1.82) is 0 Å². The normalized spacial score (nSPS) is 43.1. The van der Waals surface area contributed by atoms with Gasteiger partial charge in [0.05, 0.1) is 12.6 Å². The largest absolute Gasteiger partial charge is 0.462 e. The summed E-state index contributed by atoms with van der Waals surface area (Å²) in [6.45, 7) is 7.39. The Hall–Kier alpha value is -1.06. The summed E-state index contributed by atoms with van der Waals surface area (Å²) >= 11 is 3.22. The van der Waals surface area contributed by atoms with E-state index in [-0.39, 0.29) is 46.8 Å². The number of amides is 1. The van der Waals surface area contributed by atoms with Crippen LogP contribution in [0.3, 0.4) is 0 Å². The molecule has 5 nitrogen and oxygen atoms in total. The number of nitrogens with one attached hydrogen (secondary N) is 1. The molecule has 6 heteroatoms. The van der Waals surface area contributed by atoms with E-state index >= 15 is 0 Å². The minimum Gasteiger partial charge on any atom is -0.462 e. The highest BCUT2D eigenvalue weighted by atomic mass is 79.9. The molecule has 4 fully saturated rings. The van der Waals surface area contributed by atoms with Crippen molar-refractivity contribution in [2.45, 2.75) is 97.2 Å². The lowest BCUT2D eigenvalue weighted by molar-refractivity contribution is -0.180. The second-order valence-electron chi connectivity index (χ2n) is 12.5. The number of ether oxygens (including phenoxy) is 1. The van der Waals surface area contributed by atoms with Crippen molar-refractivity contribution < 1.29 is 19.4 Å². The number of carbonyl (C=O) groups excluding carboxylic acids is 2. The van der Waals surface area contributed by atoms with Gasteiger partial charge in [-0.15, -0.1) is 6.42 Å². The maximum absolute atomic E-state index is 12.1. The van der Waals surface area contributed by atoms with E-state index in [1.165, 1.54) is 19.3 Å². The summed E-state index contributed by atoms with van der Waals surface area (Å²) in [5.41, 5.74) is 0.156. The predicted octanol–water partition coefficient (Wildman–Crippen LogP) is 5.09. The van der Waals surface area contributed by atoms with Gasteiger partial charge in [-0.25, -0.2) is 0 Å². The number of terminal acetylenes is 1. The van der Waals surface area contributed by atoms with Crippen LogP contribution < -0.4 is 5.32 Å². The monoisotopic (exact) mass is 549 g/mol. The van der Waals surface area contributed by atoms with E-state index in [4.69, 9.17) is 11.2 Å². The van der Waals surface area contributed by atoms with Crippen LogP contribution in [0.5, 0.6) is 0 Å². The number of alkyl halides is 1. The number of rotatable bonds is 7. The maximum Gasteiger partial charge on any atom is 0.316 e. The molecule has 4 rings (SSSR count). The van der Waals surface area contributed by atoms with Gasteiger partial charge in [-0.2, -0.15) is 0 Å². The molecule has 0 saturated heterocycles. The number of hydrogen-bond acceptors (Lipinski definition) is 4. The van der Waals surface area contributed by atoms with Gasteiger partial charge in [-0.05, 0) is 104 Å². The Morgan fingerprint density at radius 2 is 1.94 bits per heavy atom. The quantitative estimate of drug-likeness (QED) is 0.263. The molecule has 0 aliphatic heterocycles. The molecule has 0 aromatic heterocycles. The molecule has 196 valence electrons. The summed E-state index contributed by atoms with van der Waals surface area (Å²) in [4.78, 5) is 24.0. The molecule has 1 amide bonds. The van der Waals surface area contributed by atoms with E-state index in [0.717, 1.165) is 38.5 Å². The Morgan fingerprint density at radius 1 is 1.17 bits per heavy atom. The van der Waals surface area contributed by atoms with E-state index in [9.17, 15) is 14.7 Å². The van der Waals surface area contributed by atoms with E-state index in [2.05, 4.69) is 47.9 Å². The second kappa shape index (κ2) is 10.7. The summed E-state index contributed by atoms with van der Waals surface area (Å²) in [6, 6.07) is 0. The summed E-state index contributed by atoms with van der Waals surface area (Å²) < 4.78 is 5.71. The van der Waals surface area contributed by atoms with Crippen molar-refractivity contribution in [3.05, 3.63) is 0 Å². The highest BCUT2D eigenvalue weighted by molar-refractivity contribution is 9.09. The van der Waals surface area contributed by atoms with Crippen molar-refractivity contribution in [2.24, 2.45) is 46.3 Å². The smallest absolute Gasteiger partial charge is 0.316 e. The Bertz CT molecular complexity index is 841. The molecule has 4 aliphatic carbocycles. The number of carbonyl (C=O) groups is 2. The molecular formula is C29H44BrNO4. The van der Waals surface area contributed by atoms with E-state index < -0.39 is 0 Å². The first-order valence-electron chi connectivity index (χ1n) is 13.8. The molecule has 0 spiro atoms. The Kier molecular flexibility index (Phi) is 8.28. The lowest BCUT2D eigenvalue weighted by atomic mass is 9.43. The van der Waals surface area contributed by atoms with Crippen LogP contribution in [0.15, 0.2) is 0 Å². The van der Waals surface area contributed by atoms with E-state index in [1.54, 1.807) is 0 Å². The number of halogens is 1. The van der Waals surface area contributed by atoms with Gasteiger partial charge in [0, 0.05) is 6.42 Å². The third kappa shape index (κ3) is 4.93. The topological polar surface area (TPSA) is 75.6 Å². The lowest BCUT2D eigenvalue weighted by Gasteiger charge is -2.62. The van der Waals surface area contributed by atoms with Gasteiger partial charge >= 0.3 is 5.97 Å². The summed E-state index contributed by atoms with van der Waals surface area (Å²) in [5, 5.41) is 14.8. The number of aliphatic hydroxyl groups is 1. The second-order valence-corrected chi connectivity index (χ2v) is 13.0. The minimum absolute atomic E-state index is 0.0300. The number of hydrogen-bond donors (Lipinski definition) is 2. The molecule has 0 unspecified atom stereocenters. The van der Waals surface area contributed by atoms with Crippen LogP contribution in [0, 0.1) is 58.7 Å².